The minimum atomic E-state index is -0.787. The van der Waals surface area contributed by atoms with Crippen LogP contribution < -0.4 is 0 Å². The standard InChI is InChI=1S/C15H24O6/c1-2-8-14(18)20-11-7-12-21-15(19)10-6-4-3-5-9-13(16)17/h2,8H,3-7,9-12H2,1H3,(H,16,17). The third-order valence-corrected chi connectivity index (χ3v) is 2.62. The molecule has 0 aliphatic heterocycles. The largest absolute Gasteiger partial charge is 0.481 e. The number of allylic oxidation sites excluding steroid dienone is 1. The van der Waals surface area contributed by atoms with Crippen molar-refractivity contribution < 1.29 is 29.0 Å². The number of carbonyl (C=O) groups excluding carboxylic acids is 2. The van der Waals surface area contributed by atoms with E-state index in [1.807, 2.05) is 0 Å². The maximum absolute atomic E-state index is 11.3. The minimum Gasteiger partial charge on any atom is -0.481 e. The van der Waals surface area contributed by atoms with E-state index in [-0.39, 0.29) is 25.6 Å². The number of hydrogen-bond acceptors (Lipinski definition) is 5. The minimum absolute atomic E-state index is 0.177. The lowest BCUT2D eigenvalue weighted by atomic mass is 10.1. The maximum atomic E-state index is 11.3. The molecule has 0 spiro atoms. The van der Waals surface area contributed by atoms with E-state index in [9.17, 15) is 14.4 Å². The second-order valence-electron chi connectivity index (χ2n) is 4.55. The smallest absolute Gasteiger partial charge is 0.330 e. The summed E-state index contributed by atoms with van der Waals surface area (Å²) in [5.41, 5.74) is 0. The van der Waals surface area contributed by atoms with Crippen LogP contribution in [0.5, 0.6) is 0 Å². The molecule has 0 fully saturated rings. The number of rotatable bonds is 12. The number of carboxylic acid groups (broad SMARTS) is 1. The molecule has 0 bridgehead atoms. The zero-order valence-electron chi connectivity index (χ0n) is 12.5. The van der Waals surface area contributed by atoms with Gasteiger partial charge in [0.05, 0.1) is 13.2 Å². The summed E-state index contributed by atoms with van der Waals surface area (Å²) in [5, 5.41) is 8.45. The van der Waals surface area contributed by atoms with Gasteiger partial charge in [0.25, 0.3) is 0 Å². The molecule has 0 radical (unpaired) electrons. The van der Waals surface area contributed by atoms with E-state index in [2.05, 4.69) is 0 Å². The van der Waals surface area contributed by atoms with Crippen LogP contribution in [0.25, 0.3) is 0 Å². The van der Waals surface area contributed by atoms with Gasteiger partial charge in [-0.25, -0.2) is 4.79 Å². The van der Waals surface area contributed by atoms with Crippen LogP contribution in [-0.2, 0) is 23.9 Å². The fraction of sp³-hybridized carbons (Fsp3) is 0.667. The summed E-state index contributed by atoms with van der Waals surface area (Å²) in [6.45, 7) is 2.19. The normalized spacial score (nSPS) is 10.5. The second kappa shape index (κ2) is 13.1. The number of carbonyl (C=O) groups is 3. The number of hydrogen-bond donors (Lipinski definition) is 1. The predicted octanol–water partition coefficient (Wildman–Crippen LogP) is 2.46. The summed E-state index contributed by atoms with van der Waals surface area (Å²) in [6, 6.07) is 0. The molecule has 0 aromatic rings. The summed E-state index contributed by atoms with van der Waals surface area (Å²) in [4.78, 5) is 32.6. The molecular formula is C15H24O6. The molecule has 0 aliphatic rings. The van der Waals surface area contributed by atoms with Crippen molar-refractivity contribution >= 4 is 17.9 Å². The summed E-state index contributed by atoms with van der Waals surface area (Å²) >= 11 is 0. The van der Waals surface area contributed by atoms with Gasteiger partial charge in [-0.05, 0) is 19.8 Å². The molecule has 0 heterocycles. The molecule has 0 aliphatic carbocycles. The Kier molecular flexibility index (Phi) is 12.0. The van der Waals surface area contributed by atoms with Crippen LogP contribution in [0.3, 0.4) is 0 Å². The molecular weight excluding hydrogens is 276 g/mol. The number of esters is 2. The van der Waals surface area contributed by atoms with Crippen LogP contribution in [0.15, 0.2) is 12.2 Å². The molecule has 120 valence electrons. The summed E-state index contributed by atoms with van der Waals surface area (Å²) in [7, 11) is 0. The van der Waals surface area contributed by atoms with E-state index in [4.69, 9.17) is 14.6 Å². The molecule has 0 amide bonds. The average Bonchev–Trinajstić information content (AvgIpc) is 2.42. The van der Waals surface area contributed by atoms with Gasteiger partial charge in [0.1, 0.15) is 0 Å². The fourth-order valence-electron chi connectivity index (χ4n) is 1.57. The van der Waals surface area contributed by atoms with Gasteiger partial charge >= 0.3 is 17.9 Å². The molecule has 0 rings (SSSR count). The molecule has 21 heavy (non-hydrogen) atoms. The van der Waals surface area contributed by atoms with Crippen molar-refractivity contribution in [2.45, 2.75) is 51.9 Å². The van der Waals surface area contributed by atoms with Crippen LogP contribution >= 0.6 is 0 Å². The molecule has 0 aromatic carbocycles. The molecule has 0 atom stereocenters. The van der Waals surface area contributed by atoms with Crippen molar-refractivity contribution in [3.05, 3.63) is 12.2 Å². The Labute approximate surface area is 125 Å². The number of unbranched alkanes of at least 4 members (excludes halogenated alkanes) is 3. The molecule has 6 heteroatoms. The SMILES string of the molecule is CC=CC(=O)OCCCOC(=O)CCCCCCC(=O)O. The first-order valence-corrected chi connectivity index (χ1v) is 7.23. The zero-order valence-corrected chi connectivity index (χ0v) is 12.5. The Hall–Kier alpha value is -1.85. The van der Waals surface area contributed by atoms with E-state index >= 15 is 0 Å². The van der Waals surface area contributed by atoms with Crippen molar-refractivity contribution in [3.63, 3.8) is 0 Å². The Morgan fingerprint density at radius 2 is 1.52 bits per heavy atom. The van der Waals surface area contributed by atoms with Crippen LogP contribution in [0.1, 0.15) is 51.9 Å². The topological polar surface area (TPSA) is 89.9 Å². The molecule has 0 unspecified atom stereocenters. The van der Waals surface area contributed by atoms with Crippen LogP contribution in [0, 0.1) is 0 Å². The second-order valence-corrected chi connectivity index (χ2v) is 4.55. The van der Waals surface area contributed by atoms with E-state index < -0.39 is 11.9 Å². The highest BCUT2D eigenvalue weighted by Crippen LogP contribution is 2.06. The highest BCUT2D eigenvalue weighted by atomic mass is 16.5. The Bertz CT molecular complexity index is 348. The van der Waals surface area contributed by atoms with E-state index in [0.717, 1.165) is 12.8 Å². The maximum Gasteiger partial charge on any atom is 0.330 e. The highest BCUT2D eigenvalue weighted by molar-refractivity contribution is 5.81. The average molecular weight is 300 g/mol. The van der Waals surface area contributed by atoms with Crippen molar-refractivity contribution in [2.75, 3.05) is 13.2 Å². The molecule has 0 aromatic heterocycles. The quantitative estimate of drug-likeness (QED) is 0.338. The van der Waals surface area contributed by atoms with Crippen molar-refractivity contribution in [1.29, 1.82) is 0 Å². The zero-order chi connectivity index (χ0) is 15.9. The Morgan fingerprint density at radius 1 is 0.905 bits per heavy atom. The van der Waals surface area contributed by atoms with E-state index in [1.165, 1.54) is 6.08 Å². The lowest BCUT2D eigenvalue weighted by molar-refractivity contribution is -0.145. The molecule has 0 saturated heterocycles. The van der Waals surface area contributed by atoms with Crippen LogP contribution in [0.2, 0.25) is 0 Å². The first-order chi connectivity index (χ1) is 10.1. The predicted molar refractivity (Wildman–Crippen MR) is 76.7 cm³/mol. The van der Waals surface area contributed by atoms with Gasteiger partial charge in [0, 0.05) is 25.3 Å². The van der Waals surface area contributed by atoms with Gasteiger partial charge < -0.3 is 14.6 Å². The highest BCUT2D eigenvalue weighted by Gasteiger charge is 2.03. The number of carboxylic acids is 1. The van der Waals surface area contributed by atoms with Crippen molar-refractivity contribution in [1.82, 2.24) is 0 Å². The first kappa shape index (κ1) is 19.1. The van der Waals surface area contributed by atoms with Gasteiger partial charge in [-0.15, -0.1) is 0 Å². The first-order valence-electron chi connectivity index (χ1n) is 7.23. The third-order valence-electron chi connectivity index (χ3n) is 2.62. The van der Waals surface area contributed by atoms with Crippen molar-refractivity contribution in [2.24, 2.45) is 0 Å². The summed E-state index contributed by atoms with van der Waals surface area (Å²) < 4.78 is 9.83. The van der Waals surface area contributed by atoms with Crippen LogP contribution in [-0.4, -0.2) is 36.2 Å². The third kappa shape index (κ3) is 14.4. The van der Waals surface area contributed by atoms with E-state index in [1.54, 1.807) is 13.0 Å². The lowest BCUT2D eigenvalue weighted by Crippen LogP contribution is -2.09. The Balaban J connectivity index is 3.35. The van der Waals surface area contributed by atoms with E-state index in [0.29, 0.717) is 25.7 Å². The van der Waals surface area contributed by atoms with Crippen molar-refractivity contribution in [3.8, 4) is 0 Å². The van der Waals surface area contributed by atoms with Gasteiger partial charge in [0.15, 0.2) is 0 Å². The van der Waals surface area contributed by atoms with Gasteiger partial charge in [0.2, 0.25) is 0 Å². The molecule has 1 N–H and O–H groups in total. The monoisotopic (exact) mass is 300 g/mol. The number of aliphatic carboxylic acids is 1. The van der Waals surface area contributed by atoms with Crippen LogP contribution in [0.4, 0.5) is 0 Å². The number of ether oxygens (including phenoxy) is 2. The molecule has 0 saturated carbocycles. The lowest BCUT2D eigenvalue weighted by Gasteiger charge is -2.05. The van der Waals surface area contributed by atoms with Gasteiger partial charge in [-0.1, -0.05) is 18.9 Å². The molecule has 6 nitrogen and oxygen atoms in total. The Morgan fingerprint density at radius 3 is 2.14 bits per heavy atom. The summed E-state index contributed by atoms with van der Waals surface area (Å²) in [5.74, 6) is -1.46. The summed E-state index contributed by atoms with van der Waals surface area (Å²) in [6.07, 6.45) is 6.89. The van der Waals surface area contributed by atoms with Gasteiger partial charge in [-0.2, -0.15) is 0 Å². The fourth-order valence-corrected chi connectivity index (χ4v) is 1.57. The van der Waals surface area contributed by atoms with Gasteiger partial charge in [-0.3, -0.25) is 9.59 Å².